The monoisotopic (exact) mass is 271 g/mol. The molecule has 19 heavy (non-hydrogen) atoms. The van der Waals surface area contributed by atoms with Crippen LogP contribution in [0.4, 0.5) is 0 Å². The van der Waals surface area contributed by atoms with Gasteiger partial charge in [-0.05, 0) is 12.3 Å². The summed E-state index contributed by atoms with van der Waals surface area (Å²) in [7, 11) is 0. The van der Waals surface area contributed by atoms with Crippen molar-refractivity contribution in [3.63, 3.8) is 0 Å². The lowest BCUT2D eigenvalue weighted by Crippen LogP contribution is -2.63. The molecule has 0 amide bonds. The highest BCUT2D eigenvalue weighted by Crippen LogP contribution is 2.43. The quantitative estimate of drug-likeness (QED) is 0.770. The summed E-state index contributed by atoms with van der Waals surface area (Å²) in [6, 6.07) is 0.425. The van der Waals surface area contributed by atoms with E-state index < -0.39 is 5.60 Å². The van der Waals surface area contributed by atoms with E-state index in [-0.39, 0.29) is 5.41 Å². The minimum absolute atomic E-state index is 0.144. The lowest BCUT2D eigenvalue weighted by molar-refractivity contribution is -0.127. The summed E-state index contributed by atoms with van der Waals surface area (Å²) in [5.41, 5.74) is -0.523. The van der Waals surface area contributed by atoms with E-state index in [0.717, 1.165) is 19.4 Å². The highest BCUT2D eigenvalue weighted by Gasteiger charge is 2.49. The largest absolute Gasteiger partial charge is 0.386 e. The maximum absolute atomic E-state index is 10.3. The Morgan fingerprint density at radius 1 is 1.42 bits per heavy atom. The molecule has 4 nitrogen and oxygen atoms in total. The summed E-state index contributed by atoms with van der Waals surface area (Å²) < 4.78 is 11.2. The molecule has 0 aromatic heterocycles. The molecule has 2 fully saturated rings. The van der Waals surface area contributed by atoms with E-state index in [1.54, 1.807) is 0 Å². The second-order valence-corrected chi connectivity index (χ2v) is 7.23. The fraction of sp³-hybridized carbons (Fsp3) is 1.00. The minimum atomic E-state index is -0.667. The maximum Gasteiger partial charge on any atom is 0.102 e. The van der Waals surface area contributed by atoms with Crippen molar-refractivity contribution >= 4 is 0 Å². The maximum atomic E-state index is 10.3. The van der Waals surface area contributed by atoms with E-state index in [9.17, 15) is 5.11 Å². The molecule has 2 aliphatic rings. The molecule has 0 spiro atoms. The van der Waals surface area contributed by atoms with E-state index >= 15 is 0 Å². The average molecular weight is 271 g/mol. The standard InChI is InChI=1S/C15H29NO3/c1-11(2)8-19-13-7-12(14(13,3)4)16-9-15(17)5-6-18-10-15/h11-13,16-17H,5-10H2,1-4H3/t12-,13-,15+/m1/s1. The van der Waals surface area contributed by atoms with E-state index in [1.165, 1.54) is 0 Å². The highest BCUT2D eigenvalue weighted by molar-refractivity contribution is 5.04. The van der Waals surface area contributed by atoms with Crippen molar-refractivity contribution in [2.24, 2.45) is 11.3 Å². The molecule has 3 atom stereocenters. The first-order valence-electron chi connectivity index (χ1n) is 7.49. The molecule has 0 bridgehead atoms. The molecule has 0 unspecified atom stereocenters. The van der Waals surface area contributed by atoms with Crippen LogP contribution in [0, 0.1) is 11.3 Å². The van der Waals surface area contributed by atoms with Crippen molar-refractivity contribution in [1.29, 1.82) is 0 Å². The van der Waals surface area contributed by atoms with Crippen molar-refractivity contribution in [3.8, 4) is 0 Å². The van der Waals surface area contributed by atoms with Crippen LogP contribution in [0.25, 0.3) is 0 Å². The van der Waals surface area contributed by atoms with Gasteiger partial charge in [0, 0.05) is 37.6 Å². The number of nitrogens with one attached hydrogen (secondary N) is 1. The first kappa shape index (κ1) is 15.2. The van der Waals surface area contributed by atoms with Crippen LogP contribution in [0.1, 0.15) is 40.5 Å². The van der Waals surface area contributed by atoms with Crippen LogP contribution in [0.5, 0.6) is 0 Å². The second kappa shape index (κ2) is 5.68. The van der Waals surface area contributed by atoms with Crippen LogP contribution in [0.3, 0.4) is 0 Å². The summed E-state index contributed by atoms with van der Waals surface area (Å²) in [4.78, 5) is 0. The molecule has 1 heterocycles. The normalized spacial score (nSPS) is 37.6. The SMILES string of the molecule is CC(C)CO[C@@H]1C[C@@H](NC[C@@]2(O)CCOC2)C1(C)C. The Balaban J connectivity index is 1.74. The highest BCUT2D eigenvalue weighted by atomic mass is 16.5. The molecule has 112 valence electrons. The van der Waals surface area contributed by atoms with Gasteiger partial charge in [0.1, 0.15) is 5.60 Å². The third kappa shape index (κ3) is 3.48. The Labute approximate surface area is 116 Å². The van der Waals surface area contributed by atoms with Gasteiger partial charge >= 0.3 is 0 Å². The Bertz CT molecular complexity index is 298. The lowest BCUT2D eigenvalue weighted by atomic mass is 9.64. The van der Waals surface area contributed by atoms with Gasteiger partial charge in [-0.1, -0.05) is 27.7 Å². The molecule has 0 radical (unpaired) electrons. The minimum Gasteiger partial charge on any atom is -0.386 e. The number of ether oxygens (including phenoxy) is 2. The molecule has 1 aliphatic heterocycles. The molecular weight excluding hydrogens is 242 g/mol. The van der Waals surface area contributed by atoms with Crippen molar-refractivity contribution in [2.45, 2.75) is 58.3 Å². The zero-order valence-electron chi connectivity index (χ0n) is 12.7. The topological polar surface area (TPSA) is 50.7 Å². The Kier molecular flexibility index (Phi) is 4.56. The Hall–Kier alpha value is -0.160. The predicted octanol–water partition coefficient (Wildman–Crippen LogP) is 1.57. The van der Waals surface area contributed by atoms with Crippen LogP contribution >= 0.6 is 0 Å². The molecule has 1 aliphatic carbocycles. The van der Waals surface area contributed by atoms with Gasteiger partial charge in [-0.3, -0.25) is 0 Å². The Morgan fingerprint density at radius 3 is 2.68 bits per heavy atom. The van der Waals surface area contributed by atoms with E-state index in [1.807, 2.05) is 0 Å². The van der Waals surface area contributed by atoms with Gasteiger partial charge in [-0.25, -0.2) is 0 Å². The first-order valence-corrected chi connectivity index (χ1v) is 7.49. The molecule has 1 saturated heterocycles. The zero-order valence-corrected chi connectivity index (χ0v) is 12.7. The van der Waals surface area contributed by atoms with Gasteiger partial charge in [0.2, 0.25) is 0 Å². The average Bonchev–Trinajstić information content (AvgIpc) is 2.74. The fourth-order valence-electron chi connectivity index (χ4n) is 2.87. The molecule has 2 N–H and O–H groups in total. The molecule has 0 aromatic carbocycles. The summed E-state index contributed by atoms with van der Waals surface area (Å²) in [6.45, 7) is 11.4. The molecular formula is C15H29NO3. The van der Waals surface area contributed by atoms with Crippen LogP contribution < -0.4 is 5.32 Å². The fourth-order valence-corrected chi connectivity index (χ4v) is 2.87. The van der Waals surface area contributed by atoms with Gasteiger partial charge in [-0.15, -0.1) is 0 Å². The number of aliphatic hydroxyl groups is 1. The van der Waals surface area contributed by atoms with Gasteiger partial charge in [0.15, 0.2) is 0 Å². The molecule has 4 heteroatoms. The summed E-state index contributed by atoms with van der Waals surface area (Å²) in [5, 5.41) is 13.8. The molecule has 1 saturated carbocycles. The van der Waals surface area contributed by atoms with Crippen molar-refractivity contribution in [3.05, 3.63) is 0 Å². The van der Waals surface area contributed by atoms with Crippen LogP contribution in [0.2, 0.25) is 0 Å². The van der Waals surface area contributed by atoms with E-state index in [4.69, 9.17) is 9.47 Å². The van der Waals surface area contributed by atoms with Crippen LogP contribution in [-0.2, 0) is 9.47 Å². The lowest BCUT2D eigenvalue weighted by Gasteiger charge is -2.52. The number of hydrogen-bond acceptors (Lipinski definition) is 4. The molecule has 2 rings (SSSR count). The van der Waals surface area contributed by atoms with Gasteiger partial charge < -0.3 is 19.9 Å². The second-order valence-electron chi connectivity index (χ2n) is 7.23. The smallest absolute Gasteiger partial charge is 0.102 e. The van der Waals surface area contributed by atoms with Crippen LogP contribution in [0.15, 0.2) is 0 Å². The van der Waals surface area contributed by atoms with Gasteiger partial charge in [0.05, 0.1) is 12.7 Å². The molecule has 0 aromatic rings. The van der Waals surface area contributed by atoms with E-state index in [2.05, 4.69) is 33.0 Å². The van der Waals surface area contributed by atoms with Crippen molar-refractivity contribution in [2.75, 3.05) is 26.4 Å². The van der Waals surface area contributed by atoms with Crippen molar-refractivity contribution < 1.29 is 14.6 Å². The third-order valence-corrected chi connectivity index (χ3v) is 4.57. The van der Waals surface area contributed by atoms with E-state index in [0.29, 0.717) is 37.8 Å². The predicted molar refractivity (Wildman–Crippen MR) is 75.2 cm³/mol. The number of rotatable bonds is 6. The van der Waals surface area contributed by atoms with Crippen LogP contribution in [-0.4, -0.2) is 49.2 Å². The number of hydrogen-bond donors (Lipinski definition) is 2. The van der Waals surface area contributed by atoms with Crippen molar-refractivity contribution in [1.82, 2.24) is 5.32 Å². The summed E-state index contributed by atoms with van der Waals surface area (Å²) in [6.07, 6.45) is 2.11. The summed E-state index contributed by atoms with van der Waals surface area (Å²) in [5.74, 6) is 0.583. The third-order valence-electron chi connectivity index (χ3n) is 4.57. The summed E-state index contributed by atoms with van der Waals surface area (Å²) >= 11 is 0. The first-order chi connectivity index (χ1) is 8.83. The Morgan fingerprint density at radius 2 is 2.16 bits per heavy atom. The van der Waals surface area contributed by atoms with Gasteiger partial charge in [0.25, 0.3) is 0 Å². The zero-order chi connectivity index (χ0) is 14.1. The van der Waals surface area contributed by atoms with Gasteiger partial charge in [-0.2, -0.15) is 0 Å².